The summed E-state index contributed by atoms with van der Waals surface area (Å²) < 4.78 is 22.7. The largest absolute Gasteiger partial charge is 0.355 e. The Labute approximate surface area is 147 Å². The SMILES string of the molecule is CCNC(=O)CNC(=O)[C@@H](CCS(C)(=O)=O)NC(=O)c1ccccc1. The van der Waals surface area contributed by atoms with Crippen LogP contribution >= 0.6 is 0 Å². The molecule has 9 heteroatoms. The molecule has 0 fully saturated rings. The second kappa shape index (κ2) is 9.77. The maximum atomic E-state index is 12.2. The lowest BCUT2D eigenvalue weighted by Crippen LogP contribution is -2.49. The molecule has 1 aromatic rings. The topological polar surface area (TPSA) is 121 Å². The molecule has 0 bridgehead atoms. The Morgan fingerprint density at radius 2 is 1.72 bits per heavy atom. The van der Waals surface area contributed by atoms with Crippen molar-refractivity contribution in [2.45, 2.75) is 19.4 Å². The van der Waals surface area contributed by atoms with Crippen LogP contribution in [-0.4, -0.2) is 57.3 Å². The predicted molar refractivity (Wildman–Crippen MR) is 93.7 cm³/mol. The molecule has 0 unspecified atom stereocenters. The Balaban J connectivity index is 2.75. The van der Waals surface area contributed by atoms with Crippen molar-refractivity contribution in [3.8, 4) is 0 Å². The smallest absolute Gasteiger partial charge is 0.251 e. The Kier molecular flexibility index (Phi) is 8.06. The number of nitrogens with one attached hydrogen (secondary N) is 3. The summed E-state index contributed by atoms with van der Waals surface area (Å²) in [7, 11) is -3.30. The van der Waals surface area contributed by atoms with Crippen LogP contribution < -0.4 is 16.0 Å². The summed E-state index contributed by atoms with van der Waals surface area (Å²) in [5.74, 6) is -1.74. The molecule has 1 rings (SSSR count). The van der Waals surface area contributed by atoms with Crippen LogP contribution in [0.25, 0.3) is 0 Å². The Morgan fingerprint density at radius 3 is 2.28 bits per heavy atom. The number of likely N-dealkylation sites (N-methyl/N-ethyl adjacent to an activating group) is 1. The van der Waals surface area contributed by atoms with Gasteiger partial charge in [-0.05, 0) is 25.5 Å². The number of amides is 3. The van der Waals surface area contributed by atoms with Crippen molar-refractivity contribution in [1.82, 2.24) is 16.0 Å². The first-order valence-corrected chi connectivity index (χ1v) is 9.87. The van der Waals surface area contributed by atoms with E-state index in [-0.39, 0.29) is 24.6 Å². The molecule has 0 saturated carbocycles. The lowest BCUT2D eigenvalue weighted by Gasteiger charge is -2.18. The summed E-state index contributed by atoms with van der Waals surface area (Å²) in [4.78, 5) is 35.9. The number of rotatable bonds is 9. The molecule has 0 radical (unpaired) electrons. The summed E-state index contributed by atoms with van der Waals surface area (Å²) in [5, 5.41) is 7.44. The van der Waals surface area contributed by atoms with Crippen LogP contribution in [0.4, 0.5) is 0 Å². The lowest BCUT2D eigenvalue weighted by atomic mass is 10.1. The number of hydrogen-bond acceptors (Lipinski definition) is 5. The number of carbonyl (C=O) groups is 3. The molecule has 0 aliphatic heterocycles. The fourth-order valence-corrected chi connectivity index (χ4v) is 2.65. The third-order valence-corrected chi connectivity index (χ3v) is 4.21. The maximum Gasteiger partial charge on any atom is 0.251 e. The number of benzene rings is 1. The number of carbonyl (C=O) groups excluding carboxylic acids is 3. The highest BCUT2D eigenvalue weighted by molar-refractivity contribution is 7.90. The fourth-order valence-electron chi connectivity index (χ4n) is 1.98. The minimum atomic E-state index is -3.30. The first-order chi connectivity index (χ1) is 11.7. The summed E-state index contributed by atoms with van der Waals surface area (Å²) in [6.45, 7) is 1.93. The van der Waals surface area contributed by atoms with Crippen molar-refractivity contribution in [1.29, 1.82) is 0 Å². The van der Waals surface area contributed by atoms with Gasteiger partial charge in [-0.1, -0.05) is 18.2 Å². The lowest BCUT2D eigenvalue weighted by molar-refractivity contribution is -0.127. The third-order valence-electron chi connectivity index (χ3n) is 3.23. The monoisotopic (exact) mass is 369 g/mol. The van der Waals surface area contributed by atoms with Crippen LogP contribution in [0.2, 0.25) is 0 Å². The van der Waals surface area contributed by atoms with E-state index < -0.39 is 27.7 Å². The average Bonchev–Trinajstić information content (AvgIpc) is 2.56. The zero-order valence-electron chi connectivity index (χ0n) is 14.2. The van der Waals surface area contributed by atoms with Gasteiger partial charge in [0.1, 0.15) is 15.9 Å². The molecule has 0 saturated heterocycles. The van der Waals surface area contributed by atoms with Crippen molar-refractivity contribution < 1.29 is 22.8 Å². The van der Waals surface area contributed by atoms with E-state index in [0.717, 1.165) is 6.26 Å². The Morgan fingerprint density at radius 1 is 1.08 bits per heavy atom. The van der Waals surface area contributed by atoms with Gasteiger partial charge >= 0.3 is 0 Å². The van der Waals surface area contributed by atoms with E-state index in [9.17, 15) is 22.8 Å². The maximum absolute atomic E-state index is 12.2. The summed E-state index contributed by atoms with van der Waals surface area (Å²) in [5.41, 5.74) is 0.350. The number of sulfone groups is 1. The van der Waals surface area contributed by atoms with E-state index in [1.807, 2.05) is 0 Å². The van der Waals surface area contributed by atoms with Gasteiger partial charge in [-0.25, -0.2) is 8.42 Å². The Hall–Kier alpha value is -2.42. The summed E-state index contributed by atoms with van der Waals surface area (Å²) >= 11 is 0. The van der Waals surface area contributed by atoms with Crippen molar-refractivity contribution in [2.75, 3.05) is 25.1 Å². The van der Waals surface area contributed by atoms with Crippen LogP contribution in [0.1, 0.15) is 23.7 Å². The molecule has 25 heavy (non-hydrogen) atoms. The summed E-state index contributed by atoms with van der Waals surface area (Å²) in [6, 6.07) is 7.20. The molecule has 8 nitrogen and oxygen atoms in total. The van der Waals surface area contributed by atoms with Crippen LogP contribution in [-0.2, 0) is 19.4 Å². The molecule has 1 atom stereocenters. The van der Waals surface area contributed by atoms with Crippen molar-refractivity contribution >= 4 is 27.6 Å². The molecule has 3 amide bonds. The molecule has 138 valence electrons. The van der Waals surface area contributed by atoms with Crippen molar-refractivity contribution in [2.24, 2.45) is 0 Å². The highest BCUT2D eigenvalue weighted by Gasteiger charge is 2.23. The summed E-state index contributed by atoms with van der Waals surface area (Å²) in [6.07, 6.45) is 0.967. The molecule has 3 N–H and O–H groups in total. The molecule has 0 aromatic heterocycles. The van der Waals surface area contributed by atoms with Gasteiger partial charge in [-0.3, -0.25) is 14.4 Å². The molecule has 0 aliphatic rings. The second-order valence-electron chi connectivity index (χ2n) is 5.48. The first kappa shape index (κ1) is 20.6. The van der Waals surface area contributed by atoms with Crippen LogP contribution in [0.15, 0.2) is 30.3 Å². The standard InChI is InChI=1S/C16H23N3O5S/c1-3-17-14(20)11-18-16(22)13(9-10-25(2,23)24)19-15(21)12-7-5-4-6-8-12/h4-8,13H,3,9-11H2,1-2H3,(H,17,20)(H,18,22)(H,19,21)/t13-/m1/s1. The van der Waals surface area contributed by atoms with E-state index in [1.54, 1.807) is 37.3 Å². The highest BCUT2D eigenvalue weighted by Crippen LogP contribution is 2.02. The van der Waals surface area contributed by atoms with Gasteiger partial charge in [0.05, 0.1) is 12.3 Å². The molecule has 0 aliphatic carbocycles. The van der Waals surface area contributed by atoms with E-state index in [1.165, 1.54) is 0 Å². The van der Waals surface area contributed by atoms with E-state index >= 15 is 0 Å². The number of hydrogen-bond donors (Lipinski definition) is 3. The molecular weight excluding hydrogens is 346 g/mol. The third kappa shape index (κ3) is 8.30. The highest BCUT2D eigenvalue weighted by atomic mass is 32.2. The quantitative estimate of drug-likeness (QED) is 0.540. The zero-order valence-corrected chi connectivity index (χ0v) is 15.1. The minimum absolute atomic E-state index is 0.0847. The van der Waals surface area contributed by atoms with Gasteiger partial charge in [0.25, 0.3) is 5.91 Å². The van der Waals surface area contributed by atoms with Crippen LogP contribution in [0, 0.1) is 0 Å². The van der Waals surface area contributed by atoms with Crippen LogP contribution in [0.3, 0.4) is 0 Å². The van der Waals surface area contributed by atoms with Gasteiger partial charge in [0, 0.05) is 18.4 Å². The average molecular weight is 369 g/mol. The van der Waals surface area contributed by atoms with Crippen LogP contribution in [0.5, 0.6) is 0 Å². The van der Waals surface area contributed by atoms with Gasteiger partial charge in [-0.15, -0.1) is 0 Å². The zero-order chi connectivity index (χ0) is 18.9. The molecular formula is C16H23N3O5S. The van der Waals surface area contributed by atoms with Gasteiger partial charge in [0.15, 0.2) is 0 Å². The van der Waals surface area contributed by atoms with Gasteiger partial charge in [-0.2, -0.15) is 0 Å². The molecule has 0 heterocycles. The first-order valence-electron chi connectivity index (χ1n) is 7.81. The molecule has 1 aromatic carbocycles. The van der Waals surface area contributed by atoms with E-state index in [2.05, 4.69) is 16.0 Å². The minimum Gasteiger partial charge on any atom is -0.355 e. The van der Waals surface area contributed by atoms with Crippen molar-refractivity contribution in [3.05, 3.63) is 35.9 Å². The van der Waals surface area contributed by atoms with Crippen molar-refractivity contribution in [3.63, 3.8) is 0 Å². The van der Waals surface area contributed by atoms with Gasteiger partial charge in [0.2, 0.25) is 11.8 Å². The molecule has 0 spiro atoms. The predicted octanol–water partition coefficient (Wildman–Crippen LogP) is -0.528. The second-order valence-corrected chi connectivity index (χ2v) is 7.74. The normalized spacial score (nSPS) is 12.1. The van der Waals surface area contributed by atoms with Gasteiger partial charge < -0.3 is 16.0 Å². The fraction of sp³-hybridized carbons (Fsp3) is 0.438. The van der Waals surface area contributed by atoms with E-state index in [0.29, 0.717) is 12.1 Å². The Bertz CT molecular complexity index is 704. The van der Waals surface area contributed by atoms with E-state index in [4.69, 9.17) is 0 Å².